The van der Waals surface area contributed by atoms with Crippen LogP contribution in [0.3, 0.4) is 0 Å². The van der Waals surface area contributed by atoms with Crippen LogP contribution in [-0.4, -0.2) is 60.5 Å². The summed E-state index contributed by atoms with van der Waals surface area (Å²) >= 11 is 1.41. The number of nitrogens with zero attached hydrogens (tertiary/aromatic N) is 3. The molecule has 1 aromatic heterocycles. The molecule has 1 aromatic carbocycles. The van der Waals surface area contributed by atoms with Crippen molar-refractivity contribution in [2.75, 3.05) is 5.32 Å². The number of amides is 3. The van der Waals surface area contributed by atoms with Crippen molar-refractivity contribution >= 4 is 34.6 Å². The summed E-state index contributed by atoms with van der Waals surface area (Å²) < 4.78 is 0. The van der Waals surface area contributed by atoms with Crippen molar-refractivity contribution < 1.29 is 24.6 Å². The Kier molecular flexibility index (Phi) is 10.0. The summed E-state index contributed by atoms with van der Waals surface area (Å²) in [6.07, 6.45) is -0.940. The van der Waals surface area contributed by atoms with E-state index >= 15 is 0 Å². The molecule has 2 aromatic rings. The second-order valence-electron chi connectivity index (χ2n) is 10.9. The lowest BCUT2D eigenvalue weighted by molar-refractivity contribution is -0.114. The third kappa shape index (κ3) is 9.01. The molecule has 4 N–H and O–H groups in total. The smallest absolute Gasteiger partial charge is 0.410 e. The first-order valence-electron chi connectivity index (χ1n) is 12.2. The van der Waals surface area contributed by atoms with Crippen molar-refractivity contribution in [3.8, 4) is 0 Å². The van der Waals surface area contributed by atoms with Gasteiger partial charge in [0.2, 0.25) is 5.91 Å². The SMILES string of the molecule is CC(=O)Nc1nc(CCCc2ccc(CNC(N(C(=O)O)C(C)(C)C)N(C(=O)O)C(C)(C)C)cc2)cs1. The maximum absolute atomic E-state index is 12.2. The molecule has 0 saturated carbocycles. The minimum atomic E-state index is -1.21. The van der Waals surface area contributed by atoms with Gasteiger partial charge in [0.15, 0.2) is 11.4 Å². The van der Waals surface area contributed by atoms with Gasteiger partial charge >= 0.3 is 12.2 Å². The number of hydrogen-bond acceptors (Lipinski definition) is 6. The van der Waals surface area contributed by atoms with Crippen molar-refractivity contribution in [1.82, 2.24) is 20.1 Å². The number of carbonyl (C=O) groups excluding carboxylic acids is 1. The summed E-state index contributed by atoms with van der Waals surface area (Å²) in [7, 11) is 0. The van der Waals surface area contributed by atoms with Crippen LogP contribution in [0.1, 0.15) is 71.7 Å². The van der Waals surface area contributed by atoms with Crippen LogP contribution in [-0.2, 0) is 24.2 Å². The van der Waals surface area contributed by atoms with Crippen LogP contribution < -0.4 is 10.6 Å². The van der Waals surface area contributed by atoms with Crippen LogP contribution in [0.15, 0.2) is 29.6 Å². The summed E-state index contributed by atoms with van der Waals surface area (Å²) in [5, 5.41) is 28.3. The highest BCUT2D eigenvalue weighted by atomic mass is 32.1. The van der Waals surface area contributed by atoms with E-state index in [2.05, 4.69) is 15.6 Å². The number of carboxylic acid groups (broad SMARTS) is 2. The molecule has 11 heteroatoms. The Morgan fingerprint density at radius 3 is 1.89 bits per heavy atom. The van der Waals surface area contributed by atoms with Crippen molar-refractivity contribution in [2.24, 2.45) is 0 Å². The van der Waals surface area contributed by atoms with Gasteiger partial charge in [-0.2, -0.15) is 0 Å². The highest BCUT2D eigenvalue weighted by Crippen LogP contribution is 2.25. The van der Waals surface area contributed by atoms with E-state index in [4.69, 9.17) is 0 Å². The summed E-state index contributed by atoms with van der Waals surface area (Å²) in [5.74, 6) is -0.134. The van der Waals surface area contributed by atoms with Gasteiger partial charge in [0.1, 0.15) is 0 Å². The Morgan fingerprint density at radius 2 is 1.43 bits per heavy atom. The monoisotopic (exact) mass is 533 g/mol. The summed E-state index contributed by atoms with van der Waals surface area (Å²) in [4.78, 5) is 42.2. The molecule has 0 bridgehead atoms. The summed E-state index contributed by atoms with van der Waals surface area (Å²) in [5.41, 5.74) is 1.33. The molecule has 204 valence electrons. The van der Waals surface area contributed by atoms with Gasteiger partial charge < -0.3 is 15.5 Å². The Labute approximate surface area is 222 Å². The zero-order valence-corrected chi connectivity index (χ0v) is 23.5. The molecule has 2 rings (SSSR count). The van der Waals surface area contributed by atoms with Crippen LogP contribution in [0.25, 0.3) is 0 Å². The molecule has 0 fully saturated rings. The molecular formula is C26H39N5O5S. The van der Waals surface area contributed by atoms with Crippen LogP contribution in [0.5, 0.6) is 0 Å². The molecule has 0 atom stereocenters. The van der Waals surface area contributed by atoms with E-state index < -0.39 is 29.6 Å². The van der Waals surface area contributed by atoms with E-state index in [-0.39, 0.29) is 12.5 Å². The van der Waals surface area contributed by atoms with E-state index in [0.29, 0.717) is 5.13 Å². The molecule has 0 spiro atoms. The van der Waals surface area contributed by atoms with Crippen LogP contribution in [0, 0.1) is 0 Å². The van der Waals surface area contributed by atoms with Crippen molar-refractivity contribution in [2.45, 2.75) is 91.6 Å². The molecule has 0 radical (unpaired) electrons. The molecule has 0 saturated heterocycles. The molecule has 0 unspecified atom stereocenters. The van der Waals surface area contributed by atoms with E-state index in [1.54, 1.807) is 41.5 Å². The Bertz CT molecular complexity index is 1040. The number of anilines is 1. The van der Waals surface area contributed by atoms with E-state index in [9.17, 15) is 24.6 Å². The third-order valence-corrected chi connectivity index (χ3v) is 6.40. The molecule has 0 aliphatic rings. The van der Waals surface area contributed by atoms with Gasteiger partial charge in [0.25, 0.3) is 0 Å². The van der Waals surface area contributed by atoms with E-state index in [0.717, 1.165) is 45.9 Å². The van der Waals surface area contributed by atoms with Crippen LogP contribution in [0.4, 0.5) is 14.7 Å². The molecule has 0 aliphatic carbocycles. The van der Waals surface area contributed by atoms with E-state index in [1.165, 1.54) is 18.3 Å². The average Bonchev–Trinajstić information content (AvgIpc) is 3.16. The number of benzene rings is 1. The standard InChI is InChI=1S/C26H39N5O5S/c1-17(32)28-21-29-20(16-37-21)10-8-9-18-11-13-19(14-12-18)15-27-22(30(23(33)34)25(2,3)4)31(24(35)36)26(5,6)7/h11-14,16,22,27H,8-10,15H2,1-7H3,(H,33,34)(H,35,36)(H,28,29,32). The van der Waals surface area contributed by atoms with Crippen molar-refractivity contribution in [1.29, 1.82) is 0 Å². The highest BCUT2D eigenvalue weighted by Gasteiger charge is 2.42. The lowest BCUT2D eigenvalue weighted by Crippen LogP contribution is -2.68. The third-order valence-electron chi connectivity index (χ3n) is 5.59. The van der Waals surface area contributed by atoms with Gasteiger partial charge in [0.05, 0.1) is 5.69 Å². The average molecular weight is 534 g/mol. The minimum Gasteiger partial charge on any atom is -0.465 e. The first-order chi connectivity index (χ1) is 17.1. The Morgan fingerprint density at radius 1 is 0.919 bits per heavy atom. The fourth-order valence-electron chi connectivity index (χ4n) is 3.95. The molecule has 0 aliphatic heterocycles. The number of nitrogens with one attached hydrogen (secondary N) is 2. The molecular weight excluding hydrogens is 494 g/mol. The largest absolute Gasteiger partial charge is 0.465 e. The summed E-state index contributed by atoms with van der Waals surface area (Å²) in [6, 6.07) is 7.96. The van der Waals surface area contributed by atoms with Crippen molar-refractivity contribution in [3.63, 3.8) is 0 Å². The quantitative estimate of drug-likeness (QED) is 0.308. The van der Waals surface area contributed by atoms with Gasteiger partial charge in [-0.25, -0.2) is 14.6 Å². The lowest BCUT2D eigenvalue weighted by Gasteiger charge is -2.48. The van der Waals surface area contributed by atoms with Crippen LogP contribution >= 0.6 is 11.3 Å². The molecule has 3 amide bonds. The van der Waals surface area contributed by atoms with Gasteiger partial charge in [-0.05, 0) is 71.9 Å². The number of hydrogen-bond donors (Lipinski definition) is 4. The predicted molar refractivity (Wildman–Crippen MR) is 145 cm³/mol. The fourth-order valence-corrected chi connectivity index (χ4v) is 4.74. The Hall–Kier alpha value is -3.18. The first kappa shape index (κ1) is 30.0. The number of rotatable bonds is 10. The highest BCUT2D eigenvalue weighted by molar-refractivity contribution is 7.13. The second-order valence-corrected chi connectivity index (χ2v) is 11.8. The molecule has 1 heterocycles. The normalized spacial score (nSPS) is 11.9. The number of aromatic nitrogens is 1. The first-order valence-corrected chi connectivity index (χ1v) is 13.1. The van der Waals surface area contributed by atoms with E-state index in [1.807, 2.05) is 29.6 Å². The van der Waals surface area contributed by atoms with Gasteiger partial charge in [-0.15, -0.1) is 11.3 Å². The fraction of sp³-hybridized carbons (Fsp3) is 0.538. The zero-order valence-electron chi connectivity index (χ0n) is 22.7. The number of carbonyl (C=O) groups is 3. The lowest BCUT2D eigenvalue weighted by atomic mass is 10.0. The maximum atomic E-state index is 12.2. The topological polar surface area (TPSA) is 135 Å². The number of thiazole rings is 1. The predicted octanol–water partition coefficient (Wildman–Crippen LogP) is 5.21. The number of aryl methyl sites for hydroxylation is 2. The minimum absolute atomic E-state index is 0.134. The second kappa shape index (κ2) is 12.4. The molecule has 37 heavy (non-hydrogen) atoms. The van der Waals surface area contributed by atoms with Gasteiger partial charge in [-0.3, -0.25) is 19.9 Å². The van der Waals surface area contributed by atoms with Gasteiger partial charge in [0, 0.05) is 29.9 Å². The Balaban J connectivity index is 2.07. The van der Waals surface area contributed by atoms with Crippen molar-refractivity contribution in [3.05, 3.63) is 46.5 Å². The molecule has 10 nitrogen and oxygen atoms in total. The zero-order chi connectivity index (χ0) is 28.0. The van der Waals surface area contributed by atoms with Gasteiger partial charge in [-0.1, -0.05) is 24.3 Å². The maximum Gasteiger partial charge on any atom is 0.410 e. The summed E-state index contributed by atoms with van der Waals surface area (Å²) in [6.45, 7) is 12.2. The van der Waals surface area contributed by atoms with Crippen LogP contribution in [0.2, 0.25) is 0 Å².